The Hall–Kier alpha value is -0.340. The van der Waals surface area contributed by atoms with Gasteiger partial charge in [-0.05, 0) is 31.0 Å². The van der Waals surface area contributed by atoms with Gasteiger partial charge in [-0.2, -0.15) is 0 Å². The molecule has 0 amide bonds. The number of ether oxygens (including phenoxy) is 1. The Morgan fingerprint density at radius 2 is 1.90 bits per heavy atom. The Morgan fingerprint density at radius 3 is 2.38 bits per heavy atom. The number of halogens is 2. The predicted molar refractivity (Wildman–Crippen MR) is 90.6 cm³/mol. The van der Waals surface area contributed by atoms with E-state index >= 15 is 0 Å². The van der Waals surface area contributed by atoms with Gasteiger partial charge in [0.05, 0.1) is 7.11 Å². The lowest BCUT2D eigenvalue weighted by Crippen LogP contribution is -2.49. The molecule has 0 saturated carbocycles. The minimum atomic E-state index is -3.66. The quantitative estimate of drug-likeness (QED) is 0.736. The number of nitrogens with two attached hydrogens (primary N) is 1. The van der Waals surface area contributed by atoms with Crippen LogP contribution in [-0.4, -0.2) is 27.6 Å². The average molecular weight is 402 g/mol. The van der Waals surface area contributed by atoms with Crippen molar-refractivity contribution in [2.45, 2.75) is 37.1 Å². The summed E-state index contributed by atoms with van der Waals surface area (Å²) in [6, 6.07) is 4.84. The van der Waals surface area contributed by atoms with Crippen molar-refractivity contribution in [3.8, 4) is 5.75 Å². The largest absolute Gasteiger partial charge is 0.495 e. The van der Waals surface area contributed by atoms with E-state index in [1.807, 2.05) is 13.8 Å². The molecule has 0 atom stereocenters. The molecule has 0 aliphatic carbocycles. The zero-order chi connectivity index (χ0) is 15.4. The third-order valence-corrected chi connectivity index (χ3v) is 5.35. The number of nitrogens with one attached hydrogen (secondary N) is 1. The summed E-state index contributed by atoms with van der Waals surface area (Å²) >= 11 is 3.26. The first kappa shape index (κ1) is 20.7. The summed E-state index contributed by atoms with van der Waals surface area (Å²) in [5.41, 5.74) is 5.58. The summed E-state index contributed by atoms with van der Waals surface area (Å²) in [6.07, 6.45) is 1.39. The van der Waals surface area contributed by atoms with E-state index in [1.165, 1.54) is 13.2 Å². The van der Waals surface area contributed by atoms with E-state index in [-0.39, 0.29) is 23.8 Å². The summed E-state index contributed by atoms with van der Waals surface area (Å²) in [5, 5.41) is 0. The molecule has 3 N–H and O–H groups in total. The number of hydrogen-bond donors (Lipinski definition) is 2. The topological polar surface area (TPSA) is 81.4 Å². The summed E-state index contributed by atoms with van der Waals surface area (Å²) < 4.78 is 33.1. The third kappa shape index (κ3) is 5.41. The first-order chi connectivity index (χ1) is 9.28. The second kappa shape index (κ2) is 8.33. The second-order valence-corrected chi connectivity index (χ2v) is 7.34. The van der Waals surface area contributed by atoms with Gasteiger partial charge in [-0.25, -0.2) is 13.1 Å². The maximum absolute atomic E-state index is 12.4. The minimum absolute atomic E-state index is 0. The number of rotatable bonds is 7. The molecule has 0 spiro atoms. The lowest BCUT2D eigenvalue weighted by Gasteiger charge is -2.26. The molecular weight excluding hydrogens is 380 g/mol. The second-order valence-electron chi connectivity index (χ2n) is 4.69. The van der Waals surface area contributed by atoms with Crippen molar-refractivity contribution in [1.29, 1.82) is 0 Å². The molecule has 5 nitrogen and oxygen atoms in total. The lowest BCUT2D eigenvalue weighted by atomic mass is 9.95. The van der Waals surface area contributed by atoms with Gasteiger partial charge in [0.25, 0.3) is 0 Å². The molecule has 8 heteroatoms. The zero-order valence-corrected chi connectivity index (χ0v) is 15.6. The van der Waals surface area contributed by atoms with E-state index in [1.54, 1.807) is 12.1 Å². The van der Waals surface area contributed by atoms with Crippen LogP contribution in [0, 0.1) is 0 Å². The lowest BCUT2D eigenvalue weighted by molar-refractivity contribution is 0.388. The van der Waals surface area contributed by atoms with Gasteiger partial charge in [-0.15, -0.1) is 12.4 Å². The molecule has 0 radical (unpaired) electrons. The van der Waals surface area contributed by atoms with Crippen molar-refractivity contribution in [1.82, 2.24) is 4.72 Å². The maximum atomic E-state index is 12.4. The van der Waals surface area contributed by atoms with Gasteiger partial charge in [-0.3, -0.25) is 0 Å². The summed E-state index contributed by atoms with van der Waals surface area (Å²) in [5.74, 6) is 0.302. The molecular formula is C13H22BrClN2O3S. The van der Waals surface area contributed by atoms with Crippen LogP contribution in [0.4, 0.5) is 0 Å². The Balaban J connectivity index is 0.00000400. The highest BCUT2D eigenvalue weighted by Crippen LogP contribution is 2.27. The number of benzene rings is 1. The molecule has 1 rings (SSSR count). The van der Waals surface area contributed by atoms with Crippen molar-refractivity contribution in [3.05, 3.63) is 22.7 Å². The maximum Gasteiger partial charge on any atom is 0.244 e. The van der Waals surface area contributed by atoms with Gasteiger partial charge >= 0.3 is 0 Å². The molecule has 1 aromatic rings. The van der Waals surface area contributed by atoms with Gasteiger partial charge in [0.15, 0.2) is 0 Å². The van der Waals surface area contributed by atoms with Crippen LogP contribution in [0.15, 0.2) is 27.6 Å². The SMILES string of the molecule is CCC(N)(CC)CNS(=O)(=O)c1cc(Br)ccc1OC.Cl. The highest BCUT2D eigenvalue weighted by Gasteiger charge is 2.26. The molecule has 0 aliphatic heterocycles. The van der Waals surface area contributed by atoms with Crippen LogP contribution in [0.2, 0.25) is 0 Å². The van der Waals surface area contributed by atoms with E-state index in [0.717, 1.165) is 0 Å². The summed E-state index contributed by atoms with van der Waals surface area (Å²) in [6.45, 7) is 4.08. The van der Waals surface area contributed by atoms with Crippen molar-refractivity contribution in [3.63, 3.8) is 0 Å². The predicted octanol–water partition coefficient (Wildman–Crippen LogP) is 2.68. The van der Waals surface area contributed by atoms with E-state index in [0.29, 0.717) is 23.1 Å². The first-order valence-corrected chi connectivity index (χ1v) is 8.67. The van der Waals surface area contributed by atoms with Crippen LogP contribution < -0.4 is 15.2 Å². The van der Waals surface area contributed by atoms with Crippen LogP contribution in [0.1, 0.15) is 26.7 Å². The van der Waals surface area contributed by atoms with Gasteiger partial charge in [0.1, 0.15) is 10.6 Å². The van der Waals surface area contributed by atoms with Crippen LogP contribution in [-0.2, 0) is 10.0 Å². The number of hydrogen-bond acceptors (Lipinski definition) is 4. The monoisotopic (exact) mass is 400 g/mol. The van der Waals surface area contributed by atoms with E-state index < -0.39 is 15.6 Å². The van der Waals surface area contributed by atoms with Crippen LogP contribution >= 0.6 is 28.3 Å². The summed E-state index contributed by atoms with van der Waals surface area (Å²) in [7, 11) is -2.23. The Kier molecular flexibility index (Phi) is 8.20. The molecule has 0 fully saturated rings. The fraction of sp³-hybridized carbons (Fsp3) is 0.538. The molecule has 1 aromatic carbocycles. The van der Waals surface area contributed by atoms with Crippen molar-refractivity contribution >= 4 is 38.4 Å². The Bertz CT molecular complexity index is 563. The standard InChI is InChI=1S/C13H21BrN2O3S.ClH/c1-4-13(15,5-2)9-16-20(17,18)12-8-10(14)6-7-11(12)19-3;/h6-8,16H,4-5,9,15H2,1-3H3;1H. The van der Waals surface area contributed by atoms with E-state index in [2.05, 4.69) is 20.7 Å². The van der Waals surface area contributed by atoms with Crippen LogP contribution in [0.3, 0.4) is 0 Å². The van der Waals surface area contributed by atoms with Gasteiger partial charge in [0.2, 0.25) is 10.0 Å². The Labute approximate surface area is 141 Å². The molecule has 21 heavy (non-hydrogen) atoms. The smallest absolute Gasteiger partial charge is 0.244 e. The number of methoxy groups -OCH3 is 1. The average Bonchev–Trinajstić information content (AvgIpc) is 2.45. The molecule has 0 aromatic heterocycles. The normalized spacial score (nSPS) is 11.9. The van der Waals surface area contributed by atoms with Gasteiger partial charge < -0.3 is 10.5 Å². The Morgan fingerprint density at radius 1 is 1.33 bits per heavy atom. The van der Waals surface area contributed by atoms with Crippen molar-refractivity contribution < 1.29 is 13.2 Å². The van der Waals surface area contributed by atoms with Gasteiger partial charge in [-0.1, -0.05) is 29.8 Å². The fourth-order valence-electron chi connectivity index (χ4n) is 1.68. The highest BCUT2D eigenvalue weighted by atomic mass is 79.9. The molecule has 122 valence electrons. The third-order valence-electron chi connectivity index (χ3n) is 3.44. The van der Waals surface area contributed by atoms with Gasteiger partial charge in [0, 0.05) is 16.6 Å². The number of sulfonamides is 1. The molecule has 0 saturated heterocycles. The zero-order valence-electron chi connectivity index (χ0n) is 12.3. The minimum Gasteiger partial charge on any atom is -0.495 e. The molecule has 0 heterocycles. The highest BCUT2D eigenvalue weighted by molar-refractivity contribution is 9.10. The van der Waals surface area contributed by atoms with Crippen molar-refractivity contribution in [2.75, 3.05) is 13.7 Å². The van der Waals surface area contributed by atoms with Crippen LogP contribution in [0.25, 0.3) is 0 Å². The fourth-order valence-corrected chi connectivity index (χ4v) is 3.52. The van der Waals surface area contributed by atoms with Crippen LogP contribution in [0.5, 0.6) is 5.75 Å². The van der Waals surface area contributed by atoms with E-state index in [4.69, 9.17) is 10.5 Å². The summed E-state index contributed by atoms with van der Waals surface area (Å²) in [4.78, 5) is 0.101. The first-order valence-electron chi connectivity index (χ1n) is 6.40. The van der Waals surface area contributed by atoms with Crippen molar-refractivity contribution in [2.24, 2.45) is 5.73 Å². The van der Waals surface area contributed by atoms with E-state index in [9.17, 15) is 8.42 Å². The molecule has 0 unspecified atom stereocenters. The molecule has 0 bridgehead atoms. The molecule has 0 aliphatic rings.